The highest BCUT2D eigenvalue weighted by atomic mass is 19.3. The summed E-state index contributed by atoms with van der Waals surface area (Å²) in [7, 11) is 0. The van der Waals surface area contributed by atoms with Crippen molar-refractivity contribution in [1.82, 2.24) is 9.78 Å². The Balaban J connectivity index is 2.27. The van der Waals surface area contributed by atoms with Gasteiger partial charge in [0, 0.05) is 17.2 Å². The van der Waals surface area contributed by atoms with E-state index in [9.17, 15) is 17.6 Å². The average Bonchev–Trinajstić information content (AvgIpc) is 2.83. The molecule has 1 aromatic rings. The summed E-state index contributed by atoms with van der Waals surface area (Å²) in [6.07, 6.45) is -2.54. The van der Waals surface area contributed by atoms with Crippen molar-refractivity contribution in [2.75, 3.05) is 0 Å². The van der Waals surface area contributed by atoms with Crippen LogP contribution in [0.2, 0.25) is 0 Å². The Morgan fingerprint density at radius 1 is 1.53 bits per heavy atom. The molecule has 1 aromatic heterocycles. The molecule has 0 saturated heterocycles. The van der Waals surface area contributed by atoms with E-state index in [1.165, 1.54) is 6.92 Å². The van der Waals surface area contributed by atoms with Crippen LogP contribution in [-0.2, 0) is 5.92 Å². The minimum absolute atomic E-state index is 0.0537. The molecule has 1 fully saturated rings. The molecule has 0 spiro atoms. The molecule has 2 aliphatic carbocycles. The Hall–Kier alpha value is -1.33. The number of hydrogen-bond donors (Lipinski definition) is 0. The molecule has 2 atom stereocenters. The number of fused-ring (bicyclic) bond motifs is 3. The highest BCUT2D eigenvalue weighted by molar-refractivity contribution is 5.52. The molecule has 92 valence electrons. The molecule has 6 heteroatoms. The van der Waals surface area contributed by atoms with Gasteiger partial charge >= 0.3 is 0 Å². The molecular formula is C11H10F4N2. The molecule has 1 saturated carbocycles. The number of rotatable bonds is 2. The van der Waals surface area contributed by atoms with E-state index in [2.05, 4.69) is 11.7 Å². The highest BCUT2D eigenvalue weighted by Crippen LogP contribution is 2.68. The Bertz CT molecular complexity index is 518. The van der Waals surface area contributed by atoms with Gasteiger partial charge in [-0.25, -0.2) is 13.5 Å². The van der Waals surface area contributed by atoms with Crippen LogP contribution in [0.3, 0.4) is 0 Å². The SMILES string of the molecule is C=C(C)n1nc(C(F)F)c2c1C(F)(F)[C@@H]1CC21. The lowest BCUT2D eigenvalue weighted by atomic mass is 10.1. The lowest BCUT2D eigenvalue weighted by molar-refractivity contribution is -0.0288. The zero-order valence-corrected chi connectivity index (χ0v) is 9.05. The van der Waals surface area contributed by atoms with E-state index in [-0.39, 0.29) is 23.4 Å². The fourth-order valence-corrected chi connectivity index (χ4v) is 2.66. The highest BCUT2D eigenvalue weighted by Gasteiger charge is 2.67. The Kier molecular flexibility index (Phi) is 1.85. The van der Waals surface area contributed by atoms with Crippen LogP contribution in [0.1, 0.15) is 42.6 Å². The number of hydrogen-bond acceptors (Lipinski definition) is 1. The fourth-order valence-electron chi connectivity index (χ4n) is 2.66. The van der Waals surface area contributed by atoms with Gasteiger partial charge in [-0.15, -0.1) is 0 Å². The molecule has 0 N–H and O–H groups in total. The first kappa shape index (κ1) is 10.8. The zero-order valence-electron chi connectivity index (χ0n) is 9.05. The van der Waals surface area contributed by atoms with Gasteiger partial charge in [0.1, 0.15) is 11.4 Å². The Morgan fingerprint density at radius 3 is 2.71 bits per heavy atom. The van der Waals surface area contributed by atoms with Gasteiger partial charge in [0.2, 0.25) is 0 Å². The topological polar surface area (TPSA) is 17.8 Å². The van der Waals surface area contributed by atoms with Gasteiger partial charge in [-0.1, -0.05) is 6.58 Å². The van der Waals surface area contributed by atoms with E-state index in [0.29, 0.717) is 0 Å². The number of nitrogens with zero attached hydrogens (tertiary/aromatic N) is 2. The van der Waals surface area contributed by atoms with Crippen molar-refractivity contribution in [2.45, 2.75) is 31.6 Å². The summed E-state index contributed by atoms with van der Waals surface area (Å²) < 4.78 is 54.3. The second-order valence-corrected chi connectivity index (χ2v) is 4.67. The van der Waals surface area contributed by atoms with Crippen LogP contribution in [0.15, 0.2) is 6.58 Å². The van der Waals surface area contributed by atoms with Gasteiger partial charge in [0.05, 0.1) is 0 Å². The molecule has 0 bridgehead atoms. The lowest BCUT2D eigenvalue weighted by Crippen LogP contribution is -2.19. The molecular weight excluding hydrogens is 236 g/mol. The molecule has 0 aromatic carbocycles. The summed E-state index contributed by atoms with van der Waals surface area (Å²) >= 11 is 0. The number of allylic oxidation sites excluding steroid dienone is 1. The maximum atomic E-state index is 13.9. The third-order valence-electron chi connectivity index (χ3n) is 3.46. The summed E-state index contributed by atoms with van der Waals surface area (Å²) in [5.41, 5.74) is -0.596. The van der Waals surface area contributed by atoms with Gasteiger partial charge in [0.15, 0.2) is 0 Å². The molecule has 0 aliphatic heterocycles. The van der Waals surface area contributed by atoms with Gasteiger partial charge < -0.3 is 0 Å². The molecule has 2 aliphatic rings. The average molecular weight is 246 g/mol. The van der Waals surface area contributed by atoms with E-state index >= 15 is 0 Å². The molecule has 2 nitrogen and oxygen atoms in total. The summed E-state index contributed by atoms with van der Waals surface area (Å²) in [5, 5.41) is 3.59. The number of aromatic nitrogens is 2. The van der Waals surface area contributed by atoms with Crippen molar-refractivity contribution in [3.8, 4) is 0 Å². The number of alkyl halides is 4. The van der Waals surface area contributed by atoms with E-state index in [4.69, 9.17) is 0 Å². The maximum absolute atomic E-state index is 13.9. The van der Waals surface area contributed by atoms with E-state index in [1.807, 2.05) is 0 Å². The summed E-state index contributed by atoms with van der Waals surface area (Å²) in [4.78, 5) is 0. The Labute approximate surface area is 94.9 Å². The van der Waals surface area contributed by atoms with Crippen LogP contribution in [0.5, 0.6) is 0 Å². The molecule has 0 radical (unpaired) electrons. The first-order chi connectivity index (χ1) is 7.85. The third kappa shape index (κ3) is 1.18. The van der Waals surface area contributed by atoms with Crippen molar-refractivity contribution in [2.24, 2.45) is 5.92 Å². The normalized spacial score (nSPS) is 28.1. The predicted molar refractivity (Wildman–Crippen MR) is 52.9 cm³/mol. The van der Waals surface area contributed by atoms with Crippen LogP contribution in [0, 0.1) is 5.92 Å². The van der Waals surface area contributed by atoms with Crippen LogP contribution in [0.25, 0.3) is 5.70 Å². The third-order valence-corrected chi connectivity index (χ3v) is 3.46. The monoisotopic (exact) mass is 246 g/mol. The van der Waals surface area contributed by atoms with Gasteiger partial charge in [0.25, 0.3) is 12.3 Å². The largest absolute Gasteiger partial charge is 0.293 e. The van der Waals surface area contributed by atoms with Crippen LogP contribution in [0.4, 0.5) is 17.6 Å². The van der Waals surface area contributed by atoms with Crippen LogP contribution in [-0.4, -0.2) is 9.78 Å². The first-order valence-corrected chi connectivity index (χ1v) is 5.30. The van der Waals surface area contributed by atoms with Crippen molar-refractivity contribution in [3.05, 3.63) is 23.5 Å². The first-order valence-electron chi connectivity index (χ1n) is 5.30. The minimum Gasteiger partial charge on any atom is -0.236 e. The van der Waals surface area contributed by atoms with Crippen molar-refractivity contribution in [3.63, 3.8) is 0 Å². The minimum atomic E-state index is -3.06. The smallest absolute Gasteiger partial charge is 0.236 e. The Morgan fingerprint density at radius 2 is 2.18 bits per heavy atom. The zero-order chi connectivity index (χ0) is 12.5. The van der Waals surface area contributed by atoms with E-state index < -0.39 is 29.9 Å². The molecule has 1 unspecified atom stereocenters. The summed E-state index contributed by atoms with van der Waals surface area (Å²) in [5.74, 6) is -4.32. The van der Waals surface area contributed by atoms with E-state index in [0.717, 1.165) is 4.68 Å². The predicted octanol–water partition coefficient (Wildman–Crippen LogP) is 3.52. The fraction of sp³-hybridized carbons (Fsp3) is 0.545. The molecule has 3 rings (SSSR count). The maximum Gasteiger partial charge on any atom is 0.293 e. The second-order valence-electron chi connectivity index (χ2n) is 4.67. The summed E-state index contributed by atoms with van der Waals surface area (Å²) in [6, 6.07) is 0. The standard InChI is InChI=1S/C11H10F4N2/c1-4(2)17-9-7(8(16-17)10(12)13)5-3-6(5)11(9,14)15/h5-6,10H,1,3H2,2H3/t5?,6-/m1/s1. The van der Waals surface area contributed by atoms with Gasteiger partial charge in [-0.3, -0.25) is 0 Å². The van der Waals surface area contributed by atoms with Gasteiger partial charge in [-0.2, -0.15) is 13.9 Å². The van der Waals surface area contributed by atoms with Crippen LogP contribution < -0.4 is 0 Å². The van der Waals surface area contributed by atoms with Crippen molar-refractivity contribution >= 4 is 5.70 Å². The van der Waals surface area contributed by atoms with Crippen molar-refractivity contribution < 1.29 is 17.6 Å². The number of halogens is 4. The lowest BCUT2D eigenvalue weighted by Gasteiger charge is -2.15. The van der Waals surface area contributed by atoms with Crippen LogP contribution >= 0.6 is 0 Å². The van der Waals surface area contributed by atoms with E-state index in [1.54, 1.807) is 0 Å². The molecule has 17 heavy (non-hydrogen) atoms. The molecule has 1 heterocycles. The quantitative estimate of drug-likeness (QED) is 0.730. The summed E-state index contributed by atoms with van der Waals surface area (Å²) in [6.45, 7) is 4.98. The molecule has 0 amide bonds. The second kappa shape index (κ2) is 2.91. The van der Waals surface area contributed by atoms with Gasteiger partial charge in [-0.05, 0) is 19.3 Å². The van der Waals surface area contributed by atoms with Crippen molar-refractivity contribution in [1.29, 1.82) is 0 Å².